The Morgan fingerprint density at radius 2 is 1.94 bits per heavy atom. The monoisotopic (exact) mass is 473 g/mol. The summed E-state index contributed by atoms with van der Waals surface area (Å²) in [4.78, 5) is 18.9. The lowest BCUT2D eigenvalue weighted by Crippen LogP contribution is -2.16. The number of aromatic nitrogens is 1. The van der Waals surface area contributed by atoms with Gasteiger partial charge in [0.2, 0.25) is 0 Å². The number of allylic oxidation sites excluding steroid dienone is 3. The van der Waals surface area contributed by atoms with Crippen molar-refractivity contribution in [3.05, 3.63) is 89.3 Å². The van der Waals surface area contributed by atoms with Crippen molar-refractivity contribution in [3.63, 3.8) is 0 Å². The van der Waals surface area contributed by atoms with Gasteiger partial charge in [-0.25, -0.2) is 13.2 Å². The van der Waals surface area contributed by atoms with Gasteiger partial charge in [0.05, 0.1) is 11.2 Å². The van der Waals surface area contributed by atoms with Crippen LogP contribution in [0.4, 0.5) is 5.69 Å². The number of para-hydroxylation sites is 1. The van der Waals surface area contributed by atoms with E-state index in [1.165, 1.54) is 12.2 Å². The predicted octanol–water partition coefficient (Wildman–Crippen LogP) is 4.56. The second-order valence-corrected chi connectivity index (χ2v) is 8.87. The van der Waals surface area contributed by atoms with Gasteiger partial charge in [0.1, 0.15) is 10.6 Å². The highest BCUT2D eigenvalue weighted by atomic mass is 32.2. The number of benzene rings is 2. The van der Waals surface area contributed by atoms with Crippen molar-refractivity contribution in [1.82, 2.24) is 4.98 Å². The highest BCUT2D eigenvalue weighted by Gasteiger charge is 2.23. The van der Waals surface area contributed by atoms with E-state index in [2.05, 4.69) is 33.3 Å². The highest BCUT2D eigenvalue weighted by molar-refractivity contribution is 7.93. The third kappa shape index (κ3) is 5.57. The number of aliphatic imine (C=N–C) groups is 1. The summed E-state index contributed by atoms with van der Waals surface area (Å²) in [6, 6.07) is 14.0. The Morgan fingerprint density at radius 1 is 1.18 bits per heavy atom. The summed E-state index contributed by atoms with van der Waals surface area (Å²) >= 11 is 0. The summed E-state index contributed by atoms with van der Waals surface area (Å²) in [5.74, 6) is 4.65. The molecule has 7 nitrogen and oxygen atoms in total. The number of aryl methyl sites for hydroxylation is 1. The molecule has 1 aromatic heterocycles. The van der Waals surface area contributed by atoms with Crippen LogP contribution in [0.5, 0.6) is 0 Å². The van der Waals surface area contributed by atoms with Crippen LogP contribution in [0.15, 0.2) is 88.0 Å². The van der Waals surface area contributed by atoms with E-state index < -0.39 is 16.0 Å². The van der Waals surface area contributed by atoms with E-state index in [9.17, 15) is 13.2 Å². The van der Waals surface area contributed by atoms with E-state index in [4.69, 9.17) is 5.11 Å². The van der Waals surface area contributed by atoms with Gasteiger partial charge in [0.25, 0.3) is 10.0 Å². The van der Waals surface area contributed by atoms with E-state index in [1.807, 2.05) is 19.1 Å². The summed E-state index contributed by atoms with van der Waals surface area (Å²) in [5, 5.41) is 9.73. The molecule has 0 aliphatic carbocycles. The highest BCUT2D eigenvalue weighted by Crippen LogP contribution is 2.28. The second kappa shape index (κ2) is 10.6. The first-order valence-corrected chi connectivity index (χ1v) is 11.8. The number of rotatable bonds is 7. The van der Waals surface area contributed by atoms with Crippen molar-refractivity contribution >= 4 is 39.3 Å². The lowest BCUT2D eigenvalue weighted by Gasteiger charge is -2.14. The van der Waals surface area contributed by atoms with Gasteiger partial charge in [-0.05, 0) is 61.5 Å². The van der Waals surface area contributed by atoms with Crippen LogP contribution < -0.4 is 4.72 Å². The Labute approximate surface area is 198 Å². The number of pyridine rings is 1. The first-order valence-electron chi connectivity index (χ1n) is 10.4. The predicted molar refractivity (Wildman–Crippen MR) is 134 cm³/mol. The summed E-state index contributed by atoms with van der Waals surface area (Å²) in [6.07, 6.45) is 4.90. The number of hydrogen-bond acceptors (Lipinski definition) is 5. The van der Waals surface area contributed by atoms with Gasteiger partial charge in [-0.15, -0.1) is 0 Å². The second-order valence-electron chi connectivity index (χ2n) is 7.25. The number of nitrogens with one attached hydrogen (secondary N) is 1. The minimum absolute atomic E-state index is 0.148. The number of sulfonamides is 1. The molecule has 2 N–H and O–H groups in total. The van der Waals surface area contributed by atoms with Crippen LogP contribution in [0.1, 0.15) is 25.0 Å². The van der Waals surface area contributed by atoms with Gasteiger partial charge < -0.3 is 5.11 Å². The first-order chi connectivity index (χ1) is 16.3. The van der Waals surface area contributed by atoms with E-state index in [0.717, 1.165) is 5.39 Å². The van der Waals surface area contributed by atoms with Crippen LogP contribution in [0.25, 0.3) is 10.9 Å². The molecule has 8 heteroatoms. The van der Waals surface area contributed by atoms with Crippen LogP contribution in [0, 0.1) is 11.8 Å². The van der Waals surface area contributed by atoms with Crippen molar-refractivity contribution in [2.45, 2.75) is 25.2 Å². The van der Waals surface area contributed by atoms with E-state index in [-0.39, 0.29) is 10.6 Å². The van der Waals surface area contributed by atoms with Crippen molar-refractivity contribution in [3.8, 4) is 11.8 Å². The molecule has 1 heterocycles. The molecule has 172 valence electrons. The molecule has 0 saturated carbocycles. The van der Waals surface area contributed by atoms with Gasteiger partial charge in [0, 0.05) is 17.1 Å². The molecule has 2 aromatic carbocycles. The van der Waals surface area contributed by atoms with Crippen molar-refractivity contribution in [1.29, 1.82) is 0 Å². The van der Waals surface area contributed by atoms with Crippen LogP contribution in [-0.2, 0) is 21.2 Å². The number of anilines is 1. The zero-order valence-corrected chi connectivity index (χ0v) is 19.6. The number of nitrogens with zero attached hydrogens (tertiary/aromatic N) is 2. The van der Waals surface area contributed by atoms with E-state index in [1.54, 1.807) is 49.5 Å². The average Bonchev–Trinajstić information content (AvgIpc) is 2.82. The molecule has 34 heavy (non-hydrogen) atoms. The molecule has 0 bridgehead atoms. The summed E-state index contributed by atoms with van der Waals surface area (Å²) in [7, 11) is -3.97. The molecule has 0 spiro atoms. The Balaban J connectivity index is 2.00. The molecule has 3 rings (SSSR count). The van der Waals surface area contributed by atoms with Crippen molar-refractivity contribution in [2.75, 3.05) is 4.72 Å². The van der Waals surface area contributed by atoms with Crippen molar-refractivity contribution in [2.24, 2.45) is 4.99 Å². The van der Waals surface area contributed by atoms with E-state index in [0.29, 0.717) is 34.3 Å². The summed E-state index contributed by atoms with van der Waals surface area (Å²) in [6.45, 7) is 6.82. The molecule has 0 fully saturated rings. The molecule has 0 unspecified atom stereocenters. The standard InChI is InChI=1S/C26H23N3O4S/c1-4-19-14-15-21-9-7-17-28-24(21)25(19)34(32,33)29-22-10-6-5-8-20(22)13-11-18(2)12-16-23(27-3)26(30)31/h5-10,12,14-17,29H,3-4H2,1-2H3,(H,30,31)/b18-12+,23-16-. The maximum Gasteiger partial charge on any atom is 0.354 e. The summed E-state index contributed by atoms with van der Waals surface area (Å²) in [5.41, 5.74) is 2.23. The normalized spacial score (nSPS) is 12.1. The zero-order valence-electron chi connectivity index (χ0n) is 18.7. The maximum atomic E-state index is 13.5. The largest absolute Gasteiger partial charge is 0.477 e. The Hall–Kier alpha value is -4.22. The van der Waals surface area contributed by atoms with Gasteiger partial charge >= 0.3 is 5.97 Å². The Morgan fingerprint density at radius 3 is 2.65 bits per heavy atom. The van der Waals surface area contributed by atoms with E-state index >= 15 is 0 Å². The number of carboxylic acids is 1. The van der Waals surface area contributed by atoms with Gasteiger partial charge in [-0.2, -0.15) is 0 Å². The number of aliphatic carboxylic acids is 1. The van der Waals surface area contributed by atoms with Crippen LogP contribution in [0.2, 0.25) is 0 Å². The SMILES string of the molecule is C=N/C(=C\C=C(/C)C#Cc1ccccc1NS(=O)(=O)c1c(CC)ccc2cccnc12)C(=O)O. The van der Waals surface area contributed by atoms with Crippen LogP contribution in [-0.4, -0.2) is 31.2 Å². The number of hydrogen-bond donors (Lipinski definition) is 2. The quantitative estimate of drug-likeness (QED) is 0.226. The maximum absolute atomic E-state index is 13.5. The van der Waals surface area contributed by atoms with Gasteiger partial charge in [-0.1, -0.05) is 49.1 Å². The number of fused-ring (bicyclic) bond motifs is 1. The molecule has 0 aliphatic heterocycles. The average molecular weight is 474 g/mol. The minimum Gasteiger partial charge on any atom is -0.477 e. The Kier molecular flexibility index (Phi) is 7.61. The van der Waals surface area contributed by atoms with Crippen LogP contribution >= 0.6 is 0 Å². The van der Waals surface area contributed by atoms with Gasteiger partial charge in [0.15, 0.2) is 0 Å². The first kappa shape index (κ1) is 24.4. The minimum atomic E-state index is -3.97. The molecule has 0 radical (unpaired) electrons. The molecular weight excluding hydrogens is 450 g/mol. The molecule has 3 aromatic rings. The molecule has 0 atom stereocenters. The summed E-state index contributed by atoms with van der Waals surface area (Å²) < 4.78 is 29.6. The lowest BCUT2D eigenvalue weighted by atomic mass is 10.1. The topological polar surface area (TPSA) is 109 Å². The molecule has 0 aliphatic rings. The lowest BCUT2D eigenvalue weighted by molar-refractivity contribution is -0.132. The Bertz CT molecular complexity index is 1490. The number of carbonyl (C=O) groups is 1. The smallest absolute Gasteiger partial charge is 0.354 e. The van der Waals surface area contributed by atoms with Crippen molar-refractivity contribution < 1.29 is 18.3 Å². The molecule has 0 amide bonds. The zero-order chi connectivity index (χ0) is 24.7. The number of carboxylic acid groups (broad SMARTS) is 1. The van der Waals surface area contributed by atoms with Gasteiger partial charge in [-0.3, -0.25) is 14.7 Å². The molecular formula is C26H23N3O4S. The molecule has 0 saturated heterocycles. The third-order valence-corrected chi connectivity index (χ3v) is 6.39. The fourth-order valence-electron chi connectivity index (χ4n) is 3.22. The third-order valence-electron chi connectivity index (χ3n) is 4.91. The fraction of sp³-hybridized carbons (Fsp3) is 0.115. The van der Waals surface area contributed by atoms with Crippen LogP contribution in [0.3, 0.4) is 0 Å². The fourth-order valence-corrected chi connectivity index (χ4v) is 4.77.